The highest BCUT2D eigenvalue weighted by Crippen LogP contribution is 2.20. The summed E-state index contributed by atoms with van der Waals surface area (Å²) in [7, 11) is -3.36. The van der Waals surface area contributed by atoms with Crippen LogP contribution in [0.15, 0.2) is 22.7 Å². The fourth-order valence-electron chi connectivity index (χ4n) is 1.00. The molecule has 1 rings (SSSR count). The summed E-state index contributed by atoms with van der Waals surface area (Å²) in [5.74, 6) is -0.618. The standard InChI is InChI=1S/C8H9BrN2O3S/c1-15(13,14)11-7-3-5(8(10)12)2-6(9)4-7/h2-4,11H,1H3,(H2,10,12). The molecule has 7 heteroatoms. The molecule has 0 aliphatic carbocycles. The lowest BCUT2D eigenvalue weighted by atomic mass is 10.2. The van der Waals surface area contributed by atoms with Gasteiger partial charge in [0.1, 0.15) is 0 Å². The molecule has 0 aromatic heterocycles. The SMILES string of the molecule is CS(=O)(=O)Nc1cc(Br)cc(C(N)=O)c1. The highest BCUT2D eigenvalue weighted by atomic mass is 79.9. The third-order valence-corrected chi connectivity index (χ3v) is 2.55. The predicted octanol–water partition coefficient (Wildman–Crippen LogP) is 0.920. The van der Waals surface area contributed by atoms with E-state index < -0.39 is 15.9 Å². The van der Waals surface area contributed by atoms with Crippen LogP contribution in [0.25, 0.3) is 0 Å². The van der Waals surface area contributed by atoms with Crippen molar-refractivity contribution in [2.75, 3.05) is 11.0 Å². The van der Waals surface area contributed by atoms with Gasteiger partial charge in [-0.3, -0.25) is 9.52 Å². The summed E-state index contributed by atoms with van der Waals surface area (Å²) in [6.45, 7) is 0. The largest absolute Gasteiger partial charge is 0.366 e. The molecule has 1 aromatic rings. The number of carbonyl (C=O) groups excluding carboxylic acids is 1. The van der Waals surface area contributed by atoms with Gasteiger partial charge in [-0.25, -0.2) is 8.42 Å². The lowest BCUT2D eigenvalue weighted by molar-refractivity contribution is 0.1000. The summed E-state index contributed by atoms with van der Waals surface area (Å²) in [6, 6.07) is 4.41. The van der Waals surface area contributed by atoms with Gasteiger partial charge in [0.2, 0.25) is 15.9 Å². The maximum Gasteiger partial charge on any atom is 0.248 e. The van der Waals surface area contributed by atoms with Gasteiger partial charge in [0.25, 0.3) is 0 Å². The molecule has 0 aliphatic heterocycles. The van der Waals surface area contributed by atoms with Crippen molar-refractivity contribution >= 4 is 37.5 Å². The van der Waals surface area contributed by atoms with Crippen LogP contribution in [0.2, 0.25) is 0 Å². The zero-order valence-electron chi connectivity index (χ0n) is 7.82. The van der Waals surface area contributed by atoms with Crippen LogP contribution in [0.1, 0.15) is 10.4 Å². The number of amides is 1. The van der Waals surface area contributed by atoms with Gasteiger partial charge in [-0.05, 0) is 18.2 Å². The number of hydrogen-bond acceptors (Lipinski definition) is 3. The molecule has 82 valence electrons. The Kier molecular flexibility index (Phi) is 3.35. The van der Waals surface area contributed by atoms with Crippen LogP contribution in [0, 0.1) is 0 Å². The van der Waals surface area contributed by atoms with Crippen LogP contribution in [0.5, 0.6) is 0 Å². The third-order valence-electron chi connectivity index (χ3n) is 1.49. The van der Waals surface area contributed by atoms with Crippen LogP contribution in [0.4, 0.5) is 5.69 Å². The Bertz CT molecular complexity index is 499. The maximum absolute atomic E-state index is 11.0. The highest BCUT2D eigenvalue weighted by molar-refractivity contribution is 9.10. The molecule has 0 atom stereocenters. The molecular weight excluding hydrogens is 284 g/mol. The summed E-state index contributed by atoms with van der Waals surface area (Å²) in [4.78, 5) is 10.9. The number of nitrogens with one attached hydrogen (secondary N) is 1. The molecule has 0 fully saturated rings. The molecule has 0 saturated carbocycles. The number of sulfonamides is 1. The van der Waals surface area contributed by atoms with E-state index in [9.17, 15) is 13.2 Å². The van der Waals surface area contributed by atoms with Gasteiger partial charge < -0.3 is 5.73 Å². The summed E-state index contributed by atoms with van der Waals surface area (Å²) in [5.41, 5.74) is 5.60. The van der Waals surface area contributed by atoms with E-state index in [0.29, 0.717) is 10.2 Å². The number of benzene rings is 1. The molecule has 0 spiro atoms. The maximum atomic E-state index is 11.0. The summed E-state index contributed by atoms with van der Waals surface area (Å²) < 4.78 is 24.7. The normalized spacial score (nSPS) is 11.1. The van der Waals surface area contributed by atoms with Gasteiger partial charge in [0.15, 0.2) is 0 Å². The molecule has 0 unspecified atom stereocenters. The molecule has 0 saturated heterocycles. The lowest BCUT2D eigenvalue weighted by Crippen LogP contribution is -2.13. The van der Waals surface area contributed by atoms with Gasteiger partial charge in [0.05, 0.1) is 11.9 Å². The molecule has 1 aromatic carbocycles. The summed E-state index contributed by atoms with van der Waals surface area (Å²) in [5, 5.41) is 0. The van der Waals surface area contributed by atoms with Gasteiger partial charge >= 0.3 is 0 Å². The van der Waals surface area contributed by atoms with E-state index in [-0.39, 0.29) is 5.56 Å². The average Bonchev–Trinajstić information content (AvgIpc) is 1.99. The van der Waals surface area contributed by atoms with E-state index in [4.69, 9.17) is 5.73 Å². The smallest absolute Gasteiger partial charge is 0.248 e. The number of hydrogen-bond donors (Lipinski definition) is 2. The van der Waals surface area contributed by atoms with Crippen molar-refractivity contribution in [3.05, 3.63) is 28.2 Å². The topological polar surface area (TPSA) is 89.3 Å². The van der Waals surface area contributed by atoms with Gasteiger partial charge in [-0.2, -0.15) is 0 Å². The Morgan fingerprint density at radius 3 is 2.47 bits per heavy atom. The first-order valence-corrected chi connectivity index (χ1v) is 6.54. The Morgan fingerprint density at radius 2 is 2.00 bits per heavy atom. The van der Waals surface area contributed by atoms with Crippen LogP contribution in [-0.4, -0.2) is 20.6 Å². The van der Waals surface area contributed by atoms with Crippen LogP contribution >= 0.6 is 15.9 Å². The fourth-order valence-corrected chi connectivity index (χ4v) is 2.04. The molecule has 0 heterocycles. The van der Waals surface area contributed by atoms with E-state index >= 15 is 0 Å². The molecule has 0 bridgehead atoms. The van der Waals surface area contributed by atoms with Crippen molar-refractivity contribution in [1.82, 2.24) is 0 Å². The monoisotopic (exact) mass is 292 g/mol. The van der Waals surface area contributed by atoms with Crippen molar-refractivity contribution in [2.45, 2.75) is 0 Å². The van der Waals surface area contributed by atoms with E-state index in [1.165, 1.54) is 18.2 Å². The van der Waals surface area contributed by atoms with Gasteiger partial charge in [-0.15, -0.1) is 0 Å². The van der Waals surface area contributed by atoms with Crippen molar-refractivity contribution in [3.8, 4) is 0 Å². The highest BCUT2D eigenvalue weighted by Gasteiger charge is 2.07. The minimum atomic E-state index is -3.36. The second-order valence-corrected chi connectivity index (χ2v) is 5.63. The number of rotatable bonds is 3. The second-order valence-electron chi connectivity index (χ2n) is 2.97. The Labute approximate surface area is 95.8 Å². The number of halogens is 1. The summed E-state index contributed by atoms with van der Waals surface area (Å²) in [6.07, 6.45) is 1.03. The van der Waals surface area contributed by atoms with Crippen LogP contribution in [-0.2, 0) is 10.0 Å². The minimum absolute atomic E-state index is 0.232. The molecule has 5 nitrogen and oxygen atoms in total. The van der Waals surface area contributed by atoms with Gasteiger partial charge in [-0.1, -0.05) is 15.9 Å². The Morgan fingerprint density at radius 1 is 1.40 bits per heavy atom. The predicted molar refractivity (Wildman–Crippen MR) is 61.1 cm³/mol. The molecule has 3 N–H and O–H groups in total. The molecule has 15 heavy (non-hydrogen) atoms. The Balaban J connectivity index is 3.15. The Hall–Kier alpha value is -1.08. The van der Waals surface area contributed by atoms with Crippen molar-refractivity contribution in [1.29, 1.82) is 0 Å². The van der Waals surface area contributed by atoms with E-state index in [1.54, 1.807) is 0 Å². The zero-order chi connectivity index (χ0) is 11.6. The van der Waals surface area contributed by atoms with Crippen LogP contribution in [0.3, 0.4) is 0 Å². The first-order chi connectivity index (χ1) is 6.78. The van der Waals surface area contributed by atoms with Crippen molar-refractivity contribution < 1.29 is 13.2 Å². The van der Waals surface area contributed by atoms with Crippen molar-refractivity contribution in [2.24, 2.45) is 5.73 Å². The number of primary amides is 1. The van der Waals surface area contributed by atoms with E-state index in [0.717, 1.165) is 6.26 Å². The van der Waals surface area contributed by atoms with Crippen molar-refractivity contribution in [3.63, 3.8) is 0 Å². The van der Waals surface area contributed by atoms with E-state index in [1.807, 2.05) is 0 Å². The molecule has 0 aliphatic rings. The number of nitrogens with two attached hydrogens (primary N) is 1. The lowest BCUT2D eigenvalue weighted by Gasteiger charge is -2.05. The number of carbonyl (C=O) groups is 1. The molecule has 1 amide bonds. The minimum Gasteiger partial charge on any atom is -0.366 e. The quantitative estimate of drug-likeness (QED) is 0.868. The number of anilines is 1. The fraction of sp³-hybridized carbons (Fsp3) is 0.125. The summed E-state index contributed by atoms with van der Waals surface area (Å²) >= 11 is 3.15. The average molecular weight is 293 g/mol. The third kappa shape index (κ3) is 3.88. The van der Waals surface area contributed by atoms with E-state index in [2.05, 4.69) is 20.7 Å². The van der Waals surface area contributed by atoms with Gasteiger partial charge in [0, 0.05) is 10.0 Å². The first-order valence-electron chi connectivity index (χ1n) is 3.86. The molecule has 0 radical (unpaired) electrons. The second kappa shape index (κ2) is 4.19. The van der Waals surface area contributed by atoms with Crippen LogP contribution < -0.4 is 10.5 Å². The zero-order valence-corrected chi connectivity index (χ0v) is 10.2. The molecular formula is C8H9BrN2O3S. The first kappa shape index (κ1) is 12.0.